The number of carbonyl (C=O) groups excluding carboxylic acids is 2. The van der Waals surface area contributed by atoms with E-state index < -0.39 is 0 Å². The van der Waals surface area contributed by atoms with E-state index in [2.05, 4.69) is 83.2 Å². The summed E-state index contributed by atoms with van der Waals surface area (Å²) in [6.07, 6.45) is 7.53. The maximum atomic E-state index is 13.1. The van der Waals surface area contributed by atoms with Gasteiger partial charge in [-0.3, -0.25) is 29.2 Å². The first kappa shape index (κ1) is 46.2. The van der Waals surface area contributed by atoms with Crippen molar-refractivity contribution >= 4 is 11.8 Å². The number of aromatic hydroxyl groups is 2. The van der Waals surface area contributed by atoms with Gasteiger partial charge >= 0.3 is 0 Å². The molecule has 10 nitrogen and oxygen atoms in total. The van der Waals surface area contributed by atoms with Gasteiger partial charge in [0, 0.05) is 87.7 Å². The van der Waals surface area contributed by atoms with Crippen molar-refractivity contribution in [1.29, 1.82) is 0 Å². The topological polar surface area (TPSA) is 112 Å². The molecule has 0 unspecified atom stereocenters. The molecule has 0 spiro atoms. The van der Waals surface area contributed by atoms with Crippen molar-refractivity contribution < 1.29 is 19.8 Å². The van der Waals surface area contributed by atoms with Crippen molar-refractivity contribution in [2.45, 2.75) is 89.6 Å². The van der Waals surface area contributed by atoms with Crippen LogP contribution in [0, 0.1) is 0 Å². The smallest absolute Gasteiger partial charge is 0.251 e. The summed E-state index contributed by atoms with van der Waals surface area (Å²) in [6.45, 7) is 23.4. The fourth-order valence-electron chi connectivity index (χ4n) is 9.40. The van der Waals surface area contributed by atoms with Gasteiger partial charge in [-0.05, 0) is 111 Å². The van der Waals surface area contributed by atoms with Crippen LogP contribution >= 0.6 is 0 Å². The average Bonchev–Trinajstić information content (AvgIpc) is 3.26. The molecule has 0 aliphatic carbocycles. The van der Waals surface area contributed by atoms with E-state index >= 15 is 0 Å². The highest BCUT2D eigenvalue weighted by Gasteiger charge is 2.36. The third-order valence-corrected chi connectivity index (χ3v) is 12.7. The Hall–Kier alpha value is -5.26. The van der Waals surface area contributed by atoms with Gasteiger partial charge in [-0.1, -0.05) is 73.5 Å². The van der Waals surface area contributed by atoms with Crippen molar-refractivity contribution in [2.75, 3.05) is 52.4 Å². The van der Waals surface area contributed by atoms with Gasteiger partial charge in [-0.25, -0.2) is 0 Å². The minimum atomic E-state index is -0.0906. The van der Waals surface area contributed by atoms with E-state index in [0.717, 1.165) is 87.2 Å². The third-order valence-electron chi connectivity index (χ3n) is 12.7. The first-order valence-electron chi connectivity index (χ1n) is 22.5. The van der Waals surface area contributed by atoms with E-state index in [-0.39, 0.29) is 47.5 Å². The van der Waals surface area contributed by atoms with Crippen LogP contribution in [0.5, 0.6) is 11.5 Å². The van der Waals surface area contributed by atoms with Crippen molar-refractivity contribution in [3.63, 3.8) is 0 Å². The third kappa shape index (κ3) is 11.8. The normalized spacial score (nSPS) is 21.2. The largest absolute Gasteiger partial charge is 0.508 e. The Morgan fingerprint density at radius 1 is 0.565 bits per heavy atom. The van der Waals surface area contributed by atoms with Gasteiger partial charge in [-0.2, -0.15) is 0 Å². The lowest BCUT2D eigenvalue weighted by atomic mass is 9.92. The van der Waals surface area contributed by atoms with E-state index in [1.165, 1.54) is 0 Å². The zero-order valence-corrected chi connectivity index (χ0v) is 37.3. The molecule has 62 heavy (non-hydrogen) atoms. The first-order valence-corrected chi connectivity index (χ1v) is 22.5. The Kier molecular flexibility index (Phi) is 16.6. The number of amides is 2. The minimum absolute atomic E-state index is 0.0600. The van der Waals surface area contributed by atoms with Crippen molar-refractivity contribution in [3.05, 3.63) is 156 Å². The van der Waals surface area contributed by atoms with Gasteiger partial charge in [0.2, 0.25) is 0 Å². The van der Waals surface area contributed by atoms with E-state index in [9.17, 15) is 19.8 Å². The highest BCUT2D eigenvalue weighted by Crippen LogP contribution is 2.36. The van der Waals surface area contributed by atoms with Gasteiger partial charge in [0.1, 0.15) is 11.5 Å². The number of phenolic OH excluding ortho intramolecular Hbond substituents is 2. The molecular formula is C52H68N6O4. The summed E-state index contributed by atoms with van der Waals surface area (Å²) in [5.74, 6) is 0.304. The molecule has 2 amide bonds. The summed E-state index contributed by atoms with van der Waals surface area (Å²) in [5, 5.41) is 26.9. The lowest BCUT2D eigenvalue weighted by Crippen LogP contribution is -2.57. The van der Waals surface area contributed by atoms with Crippen LogP contribution in [0.3, 0.4) is 0 Å². The van der Waals surface area contributed by atoms with E-state index in [4.69, 9.17) is 0 Å². The van der Waals surface area contributed by atoms with Crippen LogP contribution in [0.15, 0.2) is 122 Å². The number of hydrogen-bond acceptors (Lipinski definition) is 8. The summed E-state index contributed by atoms with van der Waals surface area (Å²) >= 11 is 0. The first-order chi connectivity index (χ1) is 30.0. The number of nitrogens with one attached hydrogen (secondary N) is 2. The minimum Gasteiger partial charge on any atom is -0.508 e. The Bertz CT molecular complexity index is 1940. The molecule has 2 fully saturated rings. The van der Waals surface area contributed by atoms with E-state index in [1.807, 2.05) is 84.9 Å². The van der Waals surface area contributed by atoms with Crippen LogP contribution in [-0.2, 0) is 0 Å². The summed E-state index contributed by atoms with van der Waals surface area (Å²) in [4.78, 5) is 36.2. The van der Waals surface area contributed by atoms with Crippen molar-refractivity contribution in [1.82, 2.24) is 30.2 Å². The Labute approximate surface area is 369 Å². The molecule has 6 rings (SSSR count). The number of hydrogen-bond donors (Lipinski definition) is 4. The maximum absolute atomic E-state index is 13.1. The monoisotopic (exact) mass is 841 g/mol. The molecule has 4 aromatic rings. The molecule has 2 aliphatic rings. The Morgan fingerprint density at radius 3 is 1.31 bits per heavy atom. The summed E-state index contributed by atoms with van der Waals surface area (Å²) in [5.41, 5.74) is 5.46. The fourth-order valence-corrected chi connectivity index (χ4v) is 9.40. The van der Waals surface area contributed by atoms with E-state index in [0.29, 0.717) is 36.3 Å². The summed E-state index contributed by atoms with van der Waals surface area (Å²) < 4.78 is 0. The fraction of sp³-hybridized carbons (Fsp3) is 0.423. The SMILES string of the molecule is C=CCN1C[C@H](C)N([C@H](c2ccc(C(=O)NCCCCCCNC(=O)c3ccc([C@H](c4cccc(O)c4)N4C[C@@H](C)N(CC=C)C[C@@H]4C)cc3)cc2)c2cccc(O)c2)C[C@H]1C. The maximum Gasteiger partial charge on any atom is 0.251 e. The Balaban J connectivity index is 0.950. The molecule has 6 atom stereocenters. The average molecular weight is 841 g/mol. The highest BCUT2D eigenvalue weighted by molar-refractivity contribution is 5.94. The second kappa shape index (κ2) is 22.2. The van der Waals surface area contributed by atoms with Gasteiger partial charge < -0.3 is 20.8 Å². The van der Waals surface area contributed by atoms with E-state index in [1.54, 1.807) is 12.1 Å². The molecular weight excluding hydrogens is 773 g/mol. The molecule has 0 radical (unpaired) electrons. The molecule has 2 heterocycles. The van der Waals surface area contributed by atoms with Crippen LogP contribution in [0.4, 0.5) is 0 Å². The molecule has 4 N–H and O–H groups in total. The molecule has 10 heteroatoms. The summed E-state index contributed by atoms with van der Waals surface area (Å²) in [7, 11) is 0. The second-order valence-electron chi connectivity index (χ2n) is 17.4. The van der Waals surface area contributed by atoms with Gasteiger partial charge in [0.05, 0.1) is 12.1 Å². The molecule has 0 bridgehead atoms. The number of nitrogens with zero attached hydrogens (tertiary/aromatic N) is 4. The van der Waals surface area contributed by atoms with Crippen LogP contribution < -0.4 is 10.6 Å². The molecule has 4 aromatic carbocycles. The highest BCUT2D eigenvalue weighted by atomic mass is 16.3. The van der Waals surface area contributed by atoms with Gasteiger partial charge in [0.25, 0.3) is 11.8 Å². The molecule has 0 saturated carbocycles. The van der Waals surface area contributed by atoms with Crippen LogP contribution in [0.2, 0.25) is 0 Å². The van der Waals surface area contributed by atoms with Crippen LogP contribution in [0.1, 0.15) is 108 Å². The number of unbranched alkanes of at least 4 members (excludes halogenated alkanes) is 3. The quantitative estimate of drug-likeness (QED) is 0.0554. The lowest BCUT2D eigenvalue weighted by Gasteiger charge is -2.47. The number of rotatable bonds is 19. The standard InChI is InChI=1S/C52H68N6O4/c1-7-29-55-33-39(5)57(35-37(55)3)49(45-15-13-17-47(59)31-45)41-19-23-43(24-20-41)51(61)53-27-11-9-10-12-28-54-52(62)44-25-21-42(22-26-44)50(46-16-14-18-48(60)32-46)58-36-38(4)56(30-8-2)34-40(58)6/h7-8,13-26,31-32,37-40,49-50,59-60H,1-2,9-12,27-30,33-36H2,3-6H3,(H,53,61)(H,54,62)/t37-,38-,39+,40+,49-,50-/m1/s1. The number of piperazine rings is 2. The predicted molar refractivity (Wildman–Crippen MR) is 251 cm³/mol. The molecule has 2 saturated heterocycles. The molecule has 330 valence electrons. The van der Waals surface area contributed by atoms with Gasteiger partial charge in [0.15, 0.2) is 0 Å². The van der Waals surface area contributed by atoms with Gasteiger partial charge in [-0.15, -0.1) is 13.2 Å². The molecule has 2 aliphatic heterocycles. The van der Waals surface area contributed by atoms with Crippen LogP contribution in [0.25, 0.3) is 0 Å². The number of carbonyl (C=O) groups is 2. The number of benzene rings is 4. The Morgan fingerprint density at radius 2 is 0.952 bits per heavy atom. The van der Waals surface area contributed by atoms with Crippen LogP contribution in [-0.4, -0.2) is 118 Å². The van der Waals surface area contributed by atoms with Crippen molar-refractivity contribution in [2.24, 2.45) is 0 Å². The predicted octanol–water partition coefficient (Wildman–Crippen LogP) is 8.16. The summed E-state index contributed by atoms with van der Waals surface area (Å²) in [6, 6.07) is 31.9. The van der Waals surface area contributed by atoms with Crippen molar-refractivity contribution in [3.8, 4) is 11.5 Å². The molecule has 0 aromatic heterocycles. The second-order valence-corrected chi connectivity index (χ2v) is 17.4. The lowest BCUT2D eigenvalue weighted by molar-refractivity contribution is 0.0306. The zero-order chi connectivity index (χ0) is 44.2. The number of phenols is 2. The zero-order valence-electron chi connectivity index (χ0n) is 37.3.